The Labute approximate surface area is 193 Å². The van der Waals surface area contributed by atoms with Gasteiger partial charge in [-0.3, -0.25) is 14.8 Å². The van der Waals surface area contributed by atoms with E-state index in [1.807, 2.05) is 47.6 Å². The maximum atomic E-state index is 12.4. The monoisotopic (exact) mass is 449 g/mol. The minimum Gasteiger partial charge on any atom is -0.465 e. The molecule has 3 aromatic rings. The lowest BCUT2D eigenvalue weighted by atomic mass is 9.97. The highest BCUT2D eigenvalue weighted by Crippen LogP contribution is 2.40. The van der Waals surface area contributed by atoms with Crippen LogP contribution in [0.15, 0.2) is 55.0 Å². The second-order valence-electron chi connectivity index (χ2n) is 7.83. The molecule has 0 spiro atoms. The average Bonchev–Trinajstić information content (AvgIpc) is 3.26. The highest BCUT2D eigenvalue weighted by molar-refractivity contribution is 7.80. The zero-order valence-electron chi connectivity index (χ0n) is 18.5. The van der Waals surface area contributed by atoms with Gasteiger partial charge in [0.25, 0.3) is 0 Å². The van der Waals surface area contributed by atoms with Crippen LogP contribution in [0.4, 0.5) is 0 Å². The molecule has 1 saturated heterocycles. The van der Waals surface area contributed by atoms with Gasteiger partial charge in [0, 0.05) is 36.5 Å². The van der Waals surface area contributed by atoms with E-state index in [-0.39, 0.29) is 24.6 Å². The Bertz CT molecular complexity index is 1100. The molecule has 8 heteroatoms. The molecule has 1 aliphatic heterocycles. The van der Waals surface area contributed by atoms with Crippen molar-refractivity contribution in [2.24, 2.45) is 0 Å². The van der Waals surface area contributed by atoms with Crippen LogP contribution in [-0.4, -0.2) is 43.7 Å². The van der Waals surface area contributed by atoms with Gasteiger partial charge in [0.15, 0.2) is 5.11 Å². The van der Waals surface area contributed by atoms with E-state index in [1.165, 1.54) is 5.56 Å². The van der Waals surface area contributed by atoms with Crippen molar-refractivity contribution in [1.82, 2.24) is 24.8 Å². The molecule has 2 atom stereocenters. The first-order valence-corrected chi connectivity index (χ1v) is 11.1. The number of aryl methyl sites for hydroxylation is 1. The van der Waals surface area contributed by atoms with Crippen molar-refractivity contribution < 1.29 is 9.53 Å². The molecule has 0 saturated carbocycles. The normalized spacial score (nSPS) is 18.0. The molecular weight excluding hydrogens is 422 g/mol. The molecule has 166 valence electrons. The predicted octanol–water partition coefficient (Wildman–Crippen LogP) is 3.48. The second kappa shape index (κ2) is 9.48. The first kappa shape index (κ1) is 22.0. The molecule has 1 N–H and O–H groups in total. The number of esters is 1. The molecule has 0 amide bonds. The summed E-state index contributed by atoms with van der Waals surface area (Å²) < 4.78 is 7.50. The number of carbonyl (C=O) groups is 1. The maximum absolute atomic E-state index is 12.4. The first-order valence-electron chi connectivity index (χ1n) is 10.7. The van der Waals surface area contributed by atoms with Crippen LogP contribution < -0.4 is 5.32 Å². The summed E-state index contributed by atoms with van der Waals surface area (Å²) in [7, 11) is 0. The molecule has 3 aromatic heterocycles. The minimum atomic E-state index is -0.297. The fourth-order valence-electron chi connectivity index (χ4n) is 4.30. The third kappa shape index (κ3) is 4.36. The highest BCUT2D eigenvalue weighted by atomic mass is 32.1. The topological polar surface area (TPSA) is 72.3 Å². The van der Waals surface area contributed by atoms with Gasteiger partial charge in [0.05, 0.1) is 24.4 Å². The largest absolute Gasteiger partial charge is 0.465 e. The van der Waals surface area contributed by atoms with Gasteiger partial charge in [-0.1, -0.05) is 6.07 Å². The van der Waals surface area contributed by atoms with Crippen molar-refractivity contribution >= 4 is 23.3 Å². The summed E-state index contributed by atoms with van der Waals surface area (Å²) in [5, 5.41) is 3.92. The standard InChI is InChI=1S/C24H27N5O2S/c1-4-31-21(30)15-29-23(22(27-24(29)32)20-7-5-6-10-26-20)19-13-16(2)28(17(19)3)14-18-8-11-25-12-9-18/h5-13,22-23H,4,14-15H2,1-3H3,(H,27,32). The van der Waals surface area contributed by atoms with Crippen molar-refractivity contribution in [2.45, 2.75) is 39.4 Å². The Kier molecular flexibility index (Phi) is 6.50. The number of nitrogens with zero attached hydrogens (tertiary/aromatic N) is 4. The van der Waals surface area contributed by atoms with E-state index in [1.54, 1.807) is 13.1 Å². The zero-order chi connectivity index (χ0) is 22.7. The van der Waals surface area contributed by atoms with E-state index in [2.05, 4.69) is 39.8 Å². The molecule has 0 aliphatic carbocycles. The van der Waals surface area contributed by atoms with E-state index >= 15 is 0 Å². The van der Waals surface area contributed by atoms with Gasteiger partial charge in [0.1, 0.15) is 6.54 Å². The summed E-state index contributed by atoms with van der Waals surface area (Å²) >= 11 is 5.65. The summed E-state index contributed by atoms with van der Waals surface area (Å²) in [5.74, 6) is -0.297. The maximum Gasteiger partial charge on any atom is 0.325 e. The molecule has 4 heterocycles. The van der Waals surface area contributed by atoms with E-state index in [0.29, 0.717) is 11.7 Å². The lowest BCUT2D eigenvalue weighted by Crippen LogP contribution is -2.35. The van der Waals surface area contributed by atoms with Crippen LogP contribution in [0.5, 0.6) is 0 Å². The number of ether oxygens (including phenoxy) is 1. The molecule has 32 heavy (non-hydrogen) atoms. The van der Waals surface area contributed by atoms with Gasteiger partial charge >= 0.3 is 5.97 Å². The van der Waals surface area contributed by atoms with E-state index < -0.39 is 0 Å². The van der Waals surface area contributed by atoms with Crippen LogP contribution in [0.3, 0.4) is 0 Å². The van der Waals surface area contributed by atoms with Crippen molar-refractivity contribution in [2.75, 3.05) is 13.2 Å². The number of hydrogen-bond donors (Lipinski definition) is 1. The molecule has 1 fully saturated rings. The smallest absolute Gasteiger partial charge is 0.325 e. The van der Waals surface area contributed by atoms with E-state index in [0.717, 1.165) is 29.2 Å². The van der Waals surface area contributed by atoms with Crippen LogP contribution in [0.1, 0.15) is 47.2 Å². The lowest BCUT2D eigenvalue weighted by Gasteiger charge is -2.27. The molecular formula is C24H27N5O2S. The molecule has 2 unspecified atom stereocenters. The Morgan fingerprint density at radius 3 is 2.66 bits per heavy atom. The summed E-state index contributed by atoms with van der Waals surface area (Å²) in [4.78, 5) is 23.0. The number of aromatic nitrogens is 3. The van der Waals surface area contributed by atoms with Gasteiger partial charge in [-0.15, -0.1) is 0 Å². The Balaban J connectivity index is 1.74. The Hall–Kier alpha value is -3.26. The molecule has 4 rings (SSSR count). The van der Waals surface area contributed by atoms with Crippen molar-refractivity contribution in [3.05, 3.63) is 83.2 Å². The minimum absolute atomic E-state index is 0.0850. The quantitative estimate of drug-likeness (QED) is 0.437. The van der Waals surface area contributed by atoms with Gasteiger partial charge in [-0.2, -0.15) is 0 Å². The summed E-state index contributed by atoms with van der Waals surface area (Å²) in [6, 6.07) is 11.7. The number of thiocarbonyl (C=S) groups is 1. The van der Waals surface area contributed by atoms with E-state index in [9.17, 15) is 4.79 Å². The van der Waals surface area contributed by atoms with Gasteiger partial charge in [0.2, 0.25) is 0 Å². The van der Waals surface area contributed by atoms with Crippen LogP contribution in [0.2, 0.25) is 0 Å². The number of pyridine rings is 2. The number of rotatable bonds is 7. The summed E-state index contributed by atoms with van der Waals surface area (Å²) in [5.41, 5.74) is 5.45. The number of hydrogen-bond acceptors (Lipinski definition) is 5. The van der Waals surface area contributed by atoms with E-state index in [4.69, 9.17) is 17.0 Å². The van der Waals surface area contributed by atoms with Gasteiger partial charge in [-0.25, -0.2) is 0 Å². The average molecular weight is 450 g/mol. The summed E-state index contributed by atoms with van der Waals surface area (Å²) in [6.45, 7) is 7.19. The van der Waals surface area contributed by atoms with Gasteiger partial charge in [-0.05, 0) is 74.4 Å². The van der Waals surface area contributed by atoms with Crippen LogP contribution >= 0.6 is 12.2 Å². The van der Waals surface area contributed by atoms with Crippen LogP contribution in [0.25, 0.3) is 0 Å². The fourth-order valence-corrected chi connectivity index (χ4v) is 4.61. The Morgan fingerprint density at radius 1 is 1.19 bits per heavy atom. The Morgan fingerprint density at radius 2 is 1.97 bits per heavy atom. The fraction of sp³-hybridized carbons (Fsp3) is 0.333. The third-order valence-electron chi connectivity index (χ3n) is 5.82. The second-order valence-corrected chi connectivity index (χ2v) is 8.21. The molecule has 1 aliphatic rings. The molecule has 7 nitrogen and oxygen atoms in total. The van der Waals surface area contributed by atoms with Crippen LogP contribution in [0, 0.1) is 13.8 Å². The van der Waals surface area contributed by atoms with Crippen molar-refractivity contribution in [3.63, 3.8) is 0 Å². The summed E-state index contributed by atoms with van der Waals surface area (Å²) in [6.07, 6.45) is 5.39. The number of nitrogens with one attached hydrogen (secondary N) is 1. The van der Waals surface area contributed by atoms with Gasteiger partial charge < -0.3 is 19.5 Å². The van der Waals surface area contributed by atoms with Crippen molar-refractivity contribution in [3.8, 4) is 0 Å². The third-order valence-corrected chi connectivity index (χ3v) is 6.18. The van der Waals surface area contributed by atoms with Crippen LogP contribution in [-0.2, 0) is 16.1 Å². The first-order chi connectivity index (χ1) is 15.5. The molecule has 0 aromatic carbocycles. The SMILES string of the molecule is CCOC(=O)CN1C(=S)NC(c2ccccn2)C1c1cc(C)n(Cc2ccncc2)c1C. The van der Waals surface area contributed by atoms with Crippen molar-refractivity contribution in [1.29, 1.82) is 0 Å². The lowest BCUT2D eigenvalue weighted by molar-refractivity contribution is -0.143. The molecule has 0 bridgehead atoms. The zero-order valence-corrected chi connectivity index (χ0v) is 19.3. The highest BCUT2D eigenvalue weighted by Gasteiger charge is 2.42. The number of carbonyl (C=O) groups excluding carboxylic acids is 1. The predicted molar refractivity (Wildman–Crippen MR) is 126 cm³/mol. The molecule has 0 radical (unpaired) electrons.